The van der Waals surface area contributed by atoms with E-state index in [-0.39, 0.29) is 0 Å². The van der Waals surface area contributed by atoms with Gasteiger partial charge in [-0.15, -0.1) is 21.5 Å². The number of hydrogen-bond acceptors (Lipinski definition) is 4. The van der Waals surface area contributed by atoms with Gasteiger partial charge in [0.1, 0.15) is 10.9 Å². The Morgan fingerprint density at radius 2 is 1.83 bits per heavy atom. The van der Waals surface area contributed by atoms with E-state index in [0.717, 1.165) is 23.0 Å². The molecule has 0 amide bonds. The monoisotopic (exact) mass is 353 g/mol. The van der Waals surface area contributed by atoms with Crippen LogP contribution in [0.1, 0.15) is 28.8 Å². The van der Waals surface area contributed by atoms with E-state index in [1.807, 2.05) is 11.3 Å². The normalized spacial score (nSPS) is 11.6. The molecule has 0 atom stereocenters. The number of rotatable bonds is 4. The zero-order valence-electron chi connectivity index (χ0n) is 14.0. The summed E-state index contributed by atoms with van der Waals surface area (Å²) in [5.74, 6) is 1.94. The van der Waals surface area contributed by atoms with Crippen LogP contribution in [0.3, 0.4) is 0 Å². The highest BCUT2D eigenvalue weighted by Gasteiger charge is 2.14. The Hall–Kier alpha value is -1.85. The van der Waals surface area contributed by atoms with Crippen LogP contribution < -0.4 is 0 Å². The van der Waals surface area contributed by atoms with Gasteiger partial charge in [0.2, 0.25) is 0 Å². The Labute approximate surface area is 149 Å². The predicted molar refractivity (Wildman–Crippen MR) is 103 cm³/mol. The van der Waals surface area contributed by atoms with Gasteiger partial charge < -0.3 is 0 Å². The third-order valence-corrected chi connectivity index (χ3v) is 6.19. The maximum Gasteiger partial charge on any atom is 0.143 e. The second-order valence-electron chi connectivity index (χ2n) is 6.02. The Kier molecular flexibility index (Phi) is 4.06. The van der Waals surface area contributed by atoms with Crippen LogP contribution in [0.15, 0.2) is 41.4 Å². The molecule has 4 aromatic rings. The molecule has 0 aliphatic rings. The van der Waals surface area contributed by atoms with Crippen molar-refractivity contribution in [3.05, 3.63) is 58.2 Å². The molecular formula is C19H19N3S2. The average molecular weight is 354 g/mol. The number of thiophene rings is 1. The Bertz CT molecular complexity index is 1010. The first-order valence-corrected chi connectivity index (χ1v) is 9.91. The van der Waals surface area contributed by atoms with Gasteiger partial charge in [-0.1, -0.05) is 48.5 Å². The van der Waals surface area contributed by atoms with Crippen LogP contribution in [0.4, 0.5) is 0 Å². The van der Waals surface area contributed by atoms with Gasteiger partial charge in [0, 0.05) is 17.1 Å². The fraction of sp³-hybridized carbons (Fsp3) is 0.263. The molecule has 122 valence electrons. The Balaban J connectivity index is 1.75. The molecule has 3 nitrogen and oxygen atoms in total. The smallest absolute Gasteiger partial charge is 0.143 e. The number of hydrogen-bond donors (Lipinski definition) is 0. The lowest BCUT2D eigenvalue weighted by Gasteiger charge is -2.07. The summed E-state index contributed by atoms with van der Waals surface area (Å²) in [4.78, 5) is 1.34. The quantitative estimate of drug-likeness (QED) is 0.459. The molecule has 0 saturated heterocycles. The van der Waals surface area contributed by atoms with Crippen molar-refractivity contribution in [2.75, 3.05) is 0 Å². The van der Waals surface area contributed by atoms with E-state index in [4.69, 9.17) is 0 Å². The van der Waals surface area contributed by atoms with Gasteiger partial charge in [0.15, 0.2) is 0 Å². The molecule has 0 unspecified atom stereocenters. The molecule has 3 aromatic heterocycles. The summed E-state index contributed by atoms with van der Waals surface area (Å²) in [5, 5.41) is 9.99. The maximum atomic E-state index is 4.50. The summed E-state index contributed by atoms with van der Waals surface area (Å²) in [6.07, 6.45) is 0.880. The molecule has 0 aliphatic heterocycles. The fourth-order valence-electron chi connectivity index (χ4n) is 2.92. The molecular weight excluding hydrogens is 334 g/mol. The van der Waals surface area contributed by atoms with Crippen molar-refractivity contribution in [2.45, 2.75) is 38.0 Å². The Morgan fingerprint density at radius 1 is 1.04 bits per heavy atom. The first-order valence-electron chi connectivity index (χ1n) is 8.11. The molecule has 0 bridgehead atoms. The average Bonchev–Trinajstić information content (AvgIpc) is 3.10. The van der Waals surface area contributed by atoms with Gasteiger partial charge in [-0.05, 0) is 31.5 Å². The molecule has 0 spiro atoms. The number of aromatic nitrogens is 3. The molecule has 0 N–H and O–H groups in total. The summed E-state index contributed by atoms with van der Waals surface area (Å²) in [6.45, 7) is 6.41. The summed E-state index contributed by atoms with van der Waals surface area (Å²) in [7, 11) is 0. The minimum Gasteiger partial charge on any atom is -0.293 e. The third-order valence-electron chi connectivity index (χ3n) is 4.16. The molecule has 24 heavy (non-hydrogen) atoms. The number of benzene rings is 1. The highest BCUT2D eigenvalue weighted by molar-refractivity contribution is 7.98. The van der Waals surface area contributed by atoms with Gasteiger partial charge in [-0.3, -0.25) is 4.40 Å². The number of fused-ring (bicyclic) bond motifs is 3. The first kappa shape index (κ1) is 15.7. The summed E-state index contributed by atoms with van der Waals surface area (Å²) >= 11 is 3.60. The number of thioether (sulfide) groups is 1. The van der Waals surface area contributed by atoms with E-state index in [2.05, 4.69) is 71.8 Å². The van der Waals surface area contributed by atoms with Crippen molar-refractivity contribution < 1.29 is 0 Å². The first-order chi connectivity index (χ1) is 11.7. The molecule has 3 heterocycles. The zero-order chi connectivity index (χ0) is 16.7. The van der Waals surface area contributed by atoms with Crippen molar-refractivity contribution in [3.8, 4) is 0 Å². The highest BCUT2D eigenvalue weighted by Crippen LogP contribution is 2.33. The van der Waals surface area contributed by atoms with E-state index in [1.54, 1.807) is 11.8 Å². The largest absolute Gasteiger partial charge is 0.293 e. The summed E-state index contributed by atoms with van der Waals surface area (Å²) in [5.41, 5.74) is 5.05. The lowest BCUT2D eigenvalue weighted by atomic mass is 10.2. The summed E-state index contributed by atoms with van der Waals surface area (Å²) in [6, 6.07) is 13.2. The van der Waals surface area contributed by atoms with Crippen LogP contribution in [0, 0.1) is 13.8 Å². The van der Waals surface area contributed by atoms with E-state index in [0.29, 0.717) is 0 Å². The van der Waals surface area contributed by atoms with Gasteiger partial charge in [0.25, 0.3) is 0 Å². The van der Waals surface area contributed by atoms with Gasteiger partial charge in [-0.2, -0.15) is 0 Å². The van der Waals surface area contributed by atoms with Crippen molar-refractivity contribution in [1.29, 1.82) is 0 Å². The second kappa shape index (κ2) is 6.22. The highest BCUT2D eigenvalue weighted by atomic mass is 32.2. The van der Waals surface area contributed by atoms with E-state index < -0.39 is 0 Å². The van der Waals surface area contributed by atoms with Crippen molar-refractivity contribution >= 4 is 38.8 Å². The predicted octanol–water partition coefficient (Wildman–Crippen LogP) is 5.42. The van der Waals surface area contributed by atoms with Crippen LogP contribution in [-0.2, 0) is 12.2 Å². The van der Waals surface area contributed by atoms with Crippen LogP contribution >= 0.6 is 23.1 Å². The lowest BCUT2D eigenvalue weighted by Crippen LogP contribution is -2.03. The summed E-state index contributed by atoms with van der Waals surface area (Å²) < 4.78 is 3.60. The van der Waals surface area contributed by atoms with E-state index >= 15 is 0 Å². The van der Waals surface area contributed by atoms with Gasteiger partial charge >= 0.3 is 0 Å². The minimum atomic E-state index is 0.880. The van der Waals surface area contributed by atoms with Crippen LogP contribution in [0.25, 0.3) is 15.7 Å². The van der Waals surface area contributed by atoms with Gasteiger partial charge in [0.05, 0.1) is 15.7 Å². The van der Waals surface area contributed by atoms with Crippen molar-refractivity contribution in [2.24, 2.45) is 0 Å². The molecule has 0 saturated carbocycles. The molecule has 0 aliphatic carbocycles. The second-order valence-corrected chi connectivity index (χ2v) is 8.27. The third kappa shape index (κ3) is 2.72. The standard InChI is InChI=1S/C19H19N3S2/c1-4-18-20-21-19(23-11-14-7-5-12(2)6-8-14)16-10-17-15(22(16)18)9-13(3)24-17/h5-10H,4,11H2,1-3H3. The molecule has 0 radical (unpaired) electrons. The molecule has 0 fully saturated rings. The molecule has 5 heteroatoms. The van der Waals surface area contributed by atoms with Crippen molar-refractivity contribution in [3.63, 3.8) is 0 Å². The number of nitrogens with zero attached hydrogens (tertiary/aromatic N) is 3. The van der Waals surface area contributed by atoms with E-state index in [9.17, 15) is 0 Å². The van der Waals surface area contributed by atoms with E-state index in [1.165, 1.54) is 31.7 Å². The molecule has 4 rings (SSSR count). The van der Waals surface area contributed by atoms with Crippen molar-refractivity contribution in [1.82, 2.24) is 14.6 Å². The topological polar surface area (TPSA) is 30.2 Å². The fourth-order valence-corrected chi connectivity index (χ4v) is 4.75. The Morgan fingerprint density at radius 3 is 2.58 bits per heavy atom. The SMILES string of the molecule is CCc1nnc(SCc2ccc(C)cc2)c2cc3sc(C)cc3n12. The zero-order valence-corrected chi connectivity index (χ0v) is 15.7. The van der Waals surface area contributed by atoms with Gasteiger partial charge in [-0.25, -0.2) is 0 Å². The molecule has 1 aromatic carbocycles. The van der Waals surface area contributed by atoms with Crippen LogP contribution in [-0.4, -0.2) is 14.6 Å². The van der Waals surface area contributed by atoms with Crippen LogP contribution in [0.2, 0.25) is 0 Å². The lowest BCUT2D eigenvalue weighted by molar-refractivity contribution is 0.793. The number of aryl methyl sites for hydroxylation is 3. The minimum absolute atomic E-state index is 0.880. The van der Waals surface area contributed by atoms with Crippen LogP contribution in [0.5, 0.6) is 0 Å². The maximum absolute atomic E-state index is 4.50.